The third kappa shape index (κ3) is 5.99. The molecule has 0 aromatic heterocycles. The van der Waals surface area contributed by atoms with Crippen LogP contribution >= 0.6 is 0 Å². The molecular formula is C38H41NO5S. The molecule has 0 spiro atoms. The van der Waals surface area contributed by atoms with Crippen LogP contribution in [0.4, 0.5) is 0 Å². The third-order valence-corrected chi connectivity index (χ3v) is 10.5. The molecule has 6 nitrogen and oxygen atoms in total. The van der Waals surface area contributed by atoms with Gasteiger partial charge in [0, 0.05) is 22.3 Å². The van der Waals surface area contributed by atoms with Crippen LogP contribution in [-0.4, -0.2) is 29.5 Å². The number of sulfonamides is 1. The van der Waals surface area contributed by atoms with Gasteiger partial charge in [-0.15, -0.1) is 0 Å². The minimum absolute atomic E-state index is 0.0436. The van der Waals surface area contributed by atoms with Crippen LogP contribution in [0.3, 0.4) is 0 Å². The Morgan fingerprint density at radius 3 is 1.91 bits per heavy atom. The Balaban J connectivity index is 1.85. The van der Waals surface area contributed by atoms with Gasteiger partial charge in [0.05, 0.1) is 10.5 Å². The summed E-state index contributed by atoms with van der Waals surface area (Å²) in [7, 11) is -4.54. The highest BCUT2D eigenvalue weighted by Gasteiger charge is 2.57. The number of amides is 1. The summed E-state index contributed by atoms with van der Waals surface area (Å²) in [5, 5.41) is 12.9. The number of fused-ring (bicyclic) bond motifs is 1. The highest BCUT2D eigenvalue weighted by atomic mass is 32.2. The molecule has 234 valence electrons. The number of benzene rings is 4. The highest BCUT2D eigenvalue weighted by molar-refractivity contribution is 7.89. The Labute approximate surface area is 266 Å². The zero-order valence-corrected chi connectivity index (χ0v) is 27.1. The number of rotatable bonds is 13. The van der Waals surface area contributed by atoms with Gasteiger partial charge in [0.2, 0.25) is 5.72 Å². The van der Waals surface area contributed by atoms with Crippen molar-refractivity contribution in [2.45, 2.75) is 82.8 Å². The molecular weight excluding hydrogens is 582 g/mol. The Bertz CT molecular complexity index is 1780. The summed E-state index contributed by atoms with van der Waals surface area (Å²) in [6.45, 7) is 6.06. The van der Waals surface area contributed by atoms with E-state index in [4.69, 9.17) is 0 Å². The SMILES string of the molecule is CCCCCc1c(C(=O)c2ccccc2)cc2c(c1CCCCC)C(O)(c1ccccc1)N(S(=O)(=O)c1ccc(C)cc1)C2=O. The zero-order chi connectivity index (χ0) is 32.2. The number of aryl methyl sites for hydroxylation is 1. The molecule has 0 saturated heterocycles. The summed E-state index contributed by atoms with van der Waals surface area (Å²) < 4.78 is 29.4. The van der Waals surface area contributed by atoms with Gasteiger partial charge in [0.25, 0.3) is 15.9 Å². The number of carbonyl (C=O) groups excluding carboxylic acids is 2. The smallest absolute Gasteiger partial charge is 0.271 e. The maximum Gasteiger partial charge on any atom is 0.271 e. The Hall–Kier alpha value is -4.07. The average molecular weight is 624 g/mol. The first-order valence-corrected chi connectivity index (χ1v) is 17.3. The van der Waals surface area contributed by atoms with Crippen molar-refractivity contribution >= 4 is 21.7 Å². The number of nitrogens with zero attached hydrogens (tertiary/aromatic N) is 1. The molecule has 45 heavy (non-hydrogen) atoms. The fraction of sp³-hybridized carbons (Fsp3) is 0.316. The summed E-state index contributed by atoms with van der Waals surface area (Å²) in [5.74, 6) is -1.08. The molecule has 4 aromatic carbocycles. The first-order valence-electron chi connectivity index (χ1n) is 15.9. The van der Waals surface area contributed by atoms with Gasteiger partial charge in [-0.05, 0) is 61.9 Å². The molecule has 5 rings (SSSR count). The quantitative estimate of drug-likeness (QED) is 0.122. The van der Waals surface area contributed by atoms with Crippen LogP contribution in [-0.2, 0) is 28.6 Å². The first-order chi connectivity index (χ1) is 21.7. The van der Waals surface area contributed by atoms with Crippen molar-refractivity contribution in [2.75, 3.05) is 0 Å². The van der Waals surface area contributed by atoms with E-state index in [1.807, 2.05) is 13.0 Å². The Kier molecular flexibility index (Phi) is 9.70. The molecule has 7 heteroatoms. The number of ketones is 1. The van der Waals surface area contributed by atoms with Crippen LogP contribution in [0.5, 0.6) is 0 Å². The van der Waals surface area contributed by atoms with Gasteiger partial charge >= 0.3 is 0 Å². The van der Waals surface area contributed by atoms with Gasteiger partial charge in [-0.1, -0.05) is 118 Å². The summed E-state index contributed by atoms with van der Waals surface area (Å²) in [4.78, 5) is 28.6. The van der Waals surface area contributed by atoms with Crippen molar-refractivity contribution in [2.24, 2.45) is 0 Å². The van der Waals surface area contributed by atoms with Crippen LogP contribution in [0.1, 0.15) is 106 Å². The van der Waals surface area contributed by atoms with E-state index >= 15 is 0 Å². The zero-order valence-electron chi connectivity index (χ0n) is 26.3. The molecule has 1 unspecified atom stereocenters. The third-order valence-electron chi connectivity index (χ3n) is 8.68. The summed E-state index contributed by atoms with van der Waals surface area (Å²) in [5.41, 5.74) is 1.48. The molecule has 1 aliphatic heterocycles. The fourth-order valence-electron chi connectivity index (χ4n) is 6.35. The van der Waals surface area contributed by atoms with E-state index < -0.39 is 21.7 Å². The minimum atomic E-state index is -4.54. The van der Waals surface area contributed by atoms with Crippen molar-refractivity contribution in [1.82, 2.24) is 4.31 Å². The van der Waals surface area contributed by atoms with E-state index in [0.29, 0.717) is 33.8 Å². The average Bonchev–Trinajstić information content (AvgIpc) is 3.29. The van der Waals surface area contributed by atoms with E-state index in [9.17, 15) is 23.1 Å². The first kappa shape index (κ1) is 32.3. The molecule has 1 heterocycles. The molecule has 1 amide bonds. The number of carbonyl (C=O) groups is 2. The van der Waals surface area contributed by atoms with Crippen molar-refractivity contribution in [3.05, 3.63) is 136 Å². The van der Waals surface area contributed by atoms with Crippen LogP contribution in [0.25, 0.3) is 0 Å². The van der Waals surface area contributed by atoms with Crippen molar-refractivity contribution in [3.63, 3.8) is 0 Å². The lowest BCUT2D eigenvalue weighted by molar-refractivity contribution is -0.00777. The lowest BCUT2D eigenvalue weighted by Gasteiger charge is -2.35. The van der Waals surface area contributed by atoms with E-state index in [-0.39, 0.29) is 27.4 Å². The number of aliphatic hydroxyl groups is 1. The second-order valence-corrected chi connectivity index (χ2v) is 13.6. The lowest BCUT2D eigenvalue weighted by Crippen LogP contribution is -2.48. The monoisotopic (exact) mass is 623 g/mol. The normalized spacial score (nSPS) is 16.2. The van der Waals surface area contributed by atoms with Crippen molar-refractivity contribution in [3.8, 4) is 0 Å². The maximum atomic E-state index is 14.5. The second-order valence-electron chi connectivity index (χ2n) is 11.8. The number of hydrogen-bond donors (Lipinski definition) is 1. The van der Waals surface area contributed by atoms with Crippen LogP contribution in [0, 0.1) is 6.92 Å². The lowest BCUT2D eigenvalue weighted by atomic mass is 9.80. The van der Waals surface area contributed by atoms with E-state index in [1.54, 1.807) is 66.7 Å². The molecule has 1 N–H and O–H groups in total. The summed E-state index contributed by atoms with van der Waals surface area (Å²) in [6, 6.07) is 25.2. The van der Waals surface area contributed by atoms with Gasteiger partial charge in [-0.2, -0.15) is 4.31 Å². The molecule has 0 radical (unpaired) electrons. The molecule has 4 aromatic rings. The van der Waals surface area contributed by atoms with Gasteiger partial charge < -0.3 is 5.11 Å². The van der Waals surface area contributed by atoms with Gasteiger partial charge in [0.15, 0.2) is 5.78 Å². The predicted molar refractivity (Wildman–Crippen MR) is 177 cm³/mol. The molecule has 0 aliphatic carbocycles. The highest BCUT2D eigenvalue weighted by Crippen LogP contribution is 2.49. The minimum Gasteiger partial charge on any atom is -0.362 e. The maximum absolute atomic E-state index is 14.5. The van der Waals surface area contributed by atoms with E-state index in [0.717, 1.165) is 49.7 Å². The molecule has 1 aliphatic rings. The van der Waals surface area contributed by atoms with Crippen LogP contribution in [0.2, 0.25) is 0 Å². The van der Waals surface area contributed by atoms with E-state index in [1.165, 1.54) is 18.2 Å². The second kappa shape index (κ2) is 13.5. The standard InChI is InChI=1S/C38H41NO5S/c1-4-6-10-20-31-32(21-11-7-5-2)35-34(26-33(31)36(40)28-16-12-8-13-17-28)37(41)39(38(35,42)29-18-14-9-15-19-29)45(43,44)30-24-22-27(3)23-25-30/h8-9,12-19,22-26,42H,4-7,10-11,20-21H2,1-3H3. The molecule has 1 atom stereocenters. The van der Waals surface area contributed by atoms with Crippen LogP contribution in [0.15, 0.2) is 95.9 Å². The van der Waals surface area contributed by atoms with E-state index in [2.05, 4.69) is 13.8 Å². The molecule has 0 bridgehead atoms. The number of unbranched alkanes of at least 4 members (excludes halogenated alkanes) is 4. The largest absolute Gasteiger partial charge is 0.362 e. The number of hydrogen-bond acceptors (Lipinski definition) is 5. The van der Waals surface area contributed by atoms with Gasteiger partial charge in [-0.3, -0.25) is 9.59 Å². The Morgan fingerprint density at radius 2 is 1.33 bits per heavy atom. The van der Waals surface area contributed by atoms with Crippen LogP contribution < -0.4 is 0 Å². The molecule has 0 fully saturated rings. The Morgan fingerprint density at radius 1 is 0.778 bits per heavy atom. The summed E-state index contributed by atoms with van der Waals surface area (Å²) in [6.07, 6.45) is 6.42. The predicted octanol–water partition coefficient (Wildman–Crippen LogP) is 7.73. The molecule has 0 saturated carbocycles. The van der Waals surface area contributed by atoms with Gasteiger partial charge in [-0.25, -0.2) is 8.42 Å². The van der Waals surface area contributed by atoms with Gasteiger partial charge in [0.1, 0.15) is 0 Å². The van der Waals surface area contributed by atoms with Crippen molar-refractivity contribution in [1.29, 1.82) is 0 Å². The van der Waals surface area contributed by atoms with Crippen molar-refractivity contribution < 1.29 is 23.1 Å². The summed E-state index contributed by atoms with van der Waals surface area (Å²) >= 11 is 0. The topological polar surface area (TPSA) is 91.8 Å². The fourth-order valence-corrected chi connectivity index (χ4v) is 7.90.